The molecular weight excluding hydrogens is 314 g/mol. The lowest BCUT2D eigenvalue weighted by atomic mass is 9.89. The number of hydrogen-bond donors (Lipinski definition) is 1. The van der Waals surface area contributed by atoms with Gasteiger partial charge >= 0.3 is 0 Å². The van der Waals surface area contributed by atoms with Crippen LogP contribution in [0.2, 0.25) is 0 Å². The number of hydrogen-bond acceptors (Lipinski definition) is 3. The van der Waals surface area contributed by atoms with Gasteiger partial charge in [-0.3, -0.25) is 9.59 Å². The van der Waals surface area contributed by atoms with Crippen LogP contribution in [0.4, 0.5) is 0 Å². The maximum Gasteiger partial charge on any atom is 0.263 e. The largest absolute Gasteiger partial charge is 0.338 e. The Morgan fingerprint density at radius 3 is 2.36 bits per heavy atom. The summed E-state index contributed by atoms with van der Waals surface area (Å²) < 4.78 is 0. The van der Waals surface area contributed by atoms with Crippen LogP contribution in [0.15, 0.2) is 47.7 Å². The van der Waals surface area contributed by atoms with Crippen molar-refractivity contribution in [2.45, 2.75) is 45.4 Å². The molecule has 1 aliphatic heterocycles. The Hall–Kier alpha value is -2.43. The summed E-state index contributed by atoms with van der Waals surface area (Å²) in [7, 11) is 0. The first kappa shape index (κ1) is 18.9. The lowest BCUT2D eigenvalue weighted by Gasteiger charge is -2.32. The highest BCUT2D eigenvalue weighted by molar-refractivity contribution is 5.93. The van der Waals surface area contributed by atoms with Crippen molar-refractivity contribution in [3.63, 3.8) is 0 Å². The van der Waals surface area contributed by atoms with Crippen LogP contribution >= 0.6 is 0 Å². The molecule has 1 aliphatic rings. The van der Waals surface area contributed by atoms with Gasteiger partial charge in [-0.25, -0.2) is 4.98 Å². The molecule has 2 aromatic rings. The van der Waals surface area contributed by atoms with Crippen LogP contribution in [0.5, 0.6) is 0 Å². The molecule has 0 unspecified atom stereocenters. The Bertz CT molecular complexity index is 702. The van der Waals surface area contributed by atoms with Gasteiger partial charge in [0.2, 0.25) is 0 Å². The van der Waals surface area contributed by atoms with Crippen molar-refractivity contribution in [3.05, 3.63) is 64.3 Å². The Morgan fingerprint density at radius 2 is 1.80 bits per heavy atom. The van der Waals surface area contributed by atoms with Gasteiger partial charge in [0.05, 0.1) is 6.33 Å². The third-order valence-corrected chi connectivity index (χ3v) is 4.50. The second kappa shape index (κ2) is 9.77. The molecule has 1 amide bonds. The highest BCUT2D eigenvalue weighted by Crippen LogP contribution is 2.28. The molecule has 5 nitrogen and oxygen atoms in total. The Balaban J connectivity index is 0.000000511. The number of benzene rings is 1. The predicted octanol–water partition coefficient (Wildman–Crippen LogP) is 3.60. The fourth-order valence-corrected chi connectivity index (χ4v) is 2.81. The molecule has 134 valence electrons. The molecule has 1 saturated heterocycles. The number of piperidine rings is 1. The van der Waals surface area contributed by atoms with Gasteiger partial charge in [-0.05, 0) is 24.3 Å². The van der Waals surface area contributed by atoms with E-state index < -0.39 is 0 Å². The maximum atomic E-state index is 12.3. The van der Waals surface area contributed by atoms with Gasteiger partial charge in [-0.15, -0.1) is 0 Å². The first-order valence-electron chi connectivity index (χ1n) is 9.04. The van der Waals surface area contributed by atoms with Gasteiger partial charge < -0.3 is 9.88 Å². The summed E-state index contributed by atoms with van der Waals surface area (Å²) in [6.45, 7) is 5.71. The number of aromatic amines is 1. The first-order valence-corrected chi connectivity index (χ1v) is 9.04. The molecule has 0 saturated carbocycles. The van der Waals surface area contributed by atoms with Crippen LogP contribution in [0.25, 0.3) is 0 Å². The van der Waals surface area contributed by atoms with Crippen LogP contribution in [-0.4, -0.2) is 33.9 Å². The lowest BCUT2D eigenvalue weighted by molar-refractivity contribution is 0.0710. The molecule has 1 aromatic carbocycles. The molecule has 2 heterocycles. The van der Waals surface area contributed by atoms with E-state index in [0.717, 1.165) is 12.8 Å². The minimum atomic E-state index is -0.375. The van der Waals surface area contributed by atoms with Gasteiger partial charge in [-0.2, -0.15) is 0 Å². The fraction of sp³-hybridized carbons (Fsp3) is 0.450. The number of amides is 1. The van der Waals surface area contributed by atoms with E-state index in [2.05, 4.69) is 35.9 Å². The number of likely N-dealkylation sites (tertiary alicyclic amines) is 1. The average Bonchev–Trinajstić information content (AvgIpc) is 2.69. The second-order valence-electron chi connectivity index (χ2n) is 6.27. The zero-order chi connectivity index (χ0) is 18.1. The standard InChI is InChI=1S/C16H17N3O2.C4H10/c20-15-14(10-17-11-18-15)16(21)19-8-6-13(7-9-19)12-4-2-1-3-5-12;1-3-4-2/h1-5,10-11,13H,6-9H2,(H,17,18,20);3-4H2,1-2H3. The zero-order valence-electron chi connectivity index (χ0n) is 15.1. The van der Waals surface area contributed by atoms with Crippen LogP contribution in [-0.2, 0) is 0 Å². The van der Waals surface area contributed by atoms with Crippen molar-refractivity contribution in [1.29, 1.82) is 0 Å². The SMILES string of the molecule is CCCC.O=C(c1cnc[nH]c1=O)N1CCC(c2ccccc2)CC1. The summed E-state index contributed by atoms with van der Waals surface area (Å²) in [5.41, 5.74) is 1.07. The molecule has 1 aromatic heterocycles. The monoisotopic (exact) mass is 341 g/mol. The van der Waals surface area contributed by atoms with Crippen molar-refractivity contribution >= 4 is 5.91 Å². The normalized spacial score (nSPS) is 14.6. The van der Waals surface area contributed by atoms with Crippen molar-refractivity contribution in [2.24, 2.45) is 0 Å². The quantitative estimate of drug-likeness (QED) is 0.927. The van der Waals surface area contributed by atoms with E-state index in [1.165, 1.54) is 30.9 Å². The Morgan fingerprint density at radius 1 is 1.16 bits per heavy atom. The second-order valence-corrected chi connectivity index (χ2v) is 6.27. The van der Waals surface area contributed by atoms with Gasteiger partial charge in [0.25, 0.3) is 11.5 Å². The lowest BCUT2D eigenvalue weighted by Crippen LogP contribution is -2.40. The summed E-state index contributed by atoms with van der Waals surface area (Å²) >= 11 is 0. The van der Waals surface area contributed by atoms with Crippen molar-refractivity contribution < 1.29 is 4.79 Å². The zero-order valence-corrected chi connectivity index (χ0v) is 15.1. The molecule has 5 heteroatoms. The van der Waals surface area contributed by atoms with E-state index >= 15 is 0 Å². The number of nitrogens with one attached hydrogen (secondary N) is 1. The fourth-order valence-electron chi connectivity index (χ4n) is 2.81. The number of nitrogens with zero attached hydrogens (tertiary/aromatic N) is 2. The predicted molar refractivity (Wildman–Crippen MR) is 99.8 cm³/mol. The van der Waals surface area contributed by atoms with E-state index in [0.29, 0.717) is 19.0 Å². The van der Waals surface area contributed by atoms with E-state index in [1.807, 2.05) is 18.2 Å². The smallest absolute Gasteiger partial charge is 0.263 e. The molecule has 0 bridgehead atoms. The molecule has 0 radical (unpaired) electrons. The van der Waals surface area contributed by atoms with Crippen LogP contribution in [0, 0.1) is 0 Å². The summed E-state index contributed by atoms with van der Waals surface area (Å²) in [4.78, 5) is 32.0. The average molecular weight is 341 g/mol. The summed E-state index contributed by atoms with van der Waals surface area (Å²) in [5.74, 6) is 0.262. The van der Waals surface area contributed by atoms with Crippen LogP contribution in [0.3, 0.4) is 0 Å². The van der Waals surface area contributed by atoms with Gasteiger partial charge in [-0.1, -0.05) is 57.0 Å². The maximum absolute atomic E-state index is 12.3. The number of carbonyl (C=O) groups is 1. The van der Waals surface area contributed by atoms with Gasteiger partial charge in [0.15, 0.2) is 0 Å². The third kappa shape index (κ3) is 5.28. The van der Waals surface area contributed by atoms with Crippen LogP contribution < -0.4 is 5.56 Å². The molecule has 25 heavy (non-hydrogen) atoms. The summed E-state index contributed by atoms with van der Waals surface area (Å²) in [6.07, 6.45) is 7.12. The minimum Gasteiger partial charge on any atom is -0.338 e. The Labute approximate surface area is 149 Å². The van der Waals surface area contributed by atoms with E-state index in [1.54, 1.807) is 4.90 Å². The molecule has 0 atom stereocenters. The highest BCUT2D eigenvalue weighted by Gasteiger charge is 2.25. The molecule has 3 rings (SSSR count). The molecule has 0 aliphatic carbocycles. The van der Waals surface area contributed by atoms with E-state index in [-0.39, 0.29) is 17.0 Å². The number of rotatable bonds is 3. The third-order valence-electron chi connectivity index (χ3n) is 4.50. The molecule has 1 fully saturated rings. The number of H-pyrrole nitrogens is 1. The number of carbonyl (C=O) groups excluding carboxylic acids is 1. The van der Waals surface area contributed by atoms with Crippen molar-refractivity contribution in [1.82, 2.24) is 14.9 Å². The van der Waals surface area contributed by atoms with Crippen LogP contribution in [0.1, 0.15) is 61.4 Å². The van der Waals surface area contributed by atoms with E-state index in [4.69, 9.17) is 0 Å². The highest BCUT2D eigenvalue weighted by atomic mass is 16.2. The molecule has 1 N–H and O–H groups in total. The number of unbranched alkanes of at least 4 members (excludes halogenated alkanes) is 1. The minimum absolute atomic E-state index is 0.121. The van der Waals surface area contributed by atoms with Gasteiger partial charge in [0, 0.05) is 19.3 Å². The summed E-state index contributed by atoms with van der Waals surface area (Å²) in [5, 5.41) is 0. The summed E-state index contributed by atoms with van der Waals surface area (Å²) in [6, 6.07) is 10.4. The first-order chi connectivity index (χ1) is 12.2. The Kier molecular flexibility index (Phi) is 7.38. The molecular formula is C20H27N3O2. The molecule has 0 spiro atoms. The van der Waals surface area contributed by atoms with Gasteiger partial charge in [0.1, 0.15) is 5.56 Å². The van der Waals surface area contributed by atoms with Crippen molar-refractivity contribution in [3.8, 4) is 0 Å². The van der Waals surface area contributed by atoms with Crippen molar-refractivity contribution in [2.75, 3.05) is 13.1 Å². The number of aromatic nitrogens is 2. The van der Waals surface area contributed by atoms with E-state index in [9.17, 15) is 9.59 Å². The topological polar surface area (TPSA) is 66.1 Å².